The van der Waals surface area contributed by atoms with E-state index < -0.39 is 0 Å². The molecule has 1 aromatic carbocycles. The lowest BCUT2D eigenvalue weighted by molar-refractivity contribution is 0.173. The minimum absolute atomic E-state index is 0.295. The van der Waals surface area contributed by atoms with Crippen LogP contribution in [-0.2, 0) is 19.5 Å². The number of hydrogen-bond donors (Lipinski definition) is 1. The average Bonchev–Trinajstić information content (AvgIpc) is 3.07. The first-order valence-corrected chi connectivity index (χ1v) is 8.09. The quantitative estimate of drug-likeness (QED) is 0.892. The van der Waals surface area contributed by atoms with E-state index in [-0.39, 0.29) is 0 Å². The Morgan fingerprint density at radius 2 is 2.25 bits per heavy atom. The smallest absolute Gasteiger partial charge is 0.231 e. The van der Waals surface area contributed by atoms with Gasteiger partial charge in [0.15, 0.2) is 11.5 Å². The van der Waals surface area contributed by atoms with Crippen LogP contribution in [0.1, 0.15) is 22.4 Å². The maximum Gasteiger partial charge on any atom is 0.231 e. The summed E-state index contributed by atoms with van der Waals surface area (Å²) in [6.07, 6.45) is 3.01. The van der Waals surface area contributed by atoms with E-state index in [0.717, 1.165) is 46.1 Å². The van der Waals surface area contributed by atoms with Gasteiger partial charge in [-0.05, 0) is 40.0 Å². The van der Waals surface area contributed by atoms with Gasteiger partial charge in [0, 0.05) is 24.2 Å². The van der Waals surface area contributed by atoms with Crippen LogP contribution in [0.3, 0.4) is 0 Å². The summed E-state index contributed by atoms with van der Waals surface area (Å²) in [7, 11) is 0. The zero-order valence-electron chi connectivity index (χ0n) is 11.1. The fourth-order valence-electron chi connectivity index (χ4n) is 2.03. The summed E-state index contributed by atoms with van der Waals surface area (Å²) in [4.78, 5) is 5.72. The van der Waals surface area contributed by atoms with E-state index in [1.165, 1.54) is 4.88 Å². The Hall–Kier alpha value is -1.11. The van der Waals surface area contributed by atoms with Gasteiger partial charge in [0.2, 0.25) is 6.79 Å². The third-order valence-corrected chi connectivity index (χ3v) is 4.77. The van der Waals surface area contributed by atoms with Gasteiger partial charge < -0.3 is 14.8 Å². The van der Waals surface area contributed by atoms with Gasteiger partial charge in [0.1, 0.15) is 5.01 Å². The number of nitrogens with zero attached hydrogens (tertiary/aromatic N) is 1. The van der Waals surface area contributed by atoms with Gasteiger partial charge in [-0.25, -0.2) is 4.98 Å². The highest BCUT2D eigenvalue weighted by Crippen LogP contribution is 2.39. The first-order chi connectivity index (χ1) is 9.76. The standard InChI is InChI=1S/C14H15BrN2O2S/c1-2-10-6-17-13(20-10)7-16-5-9-3-11(15)14-12(4-9)18-8-19-14/h3-4,6,16H,2,5,7-8H2,1H3. The van der Waals surface area contributed by atoms with Crippen molar-refractivity contribution in [1.29, 1.82) is 0 Å². The number of rotatable bonds is 5. The van der Waals surface area contributed by atoms with E-state index in [0.29, 0.717) is 6.79 Å². The fourth-order valence-corrected chi connectivity index (χ4v) is 3.47. The first-order valence-electron chi connectivity index (χ1n) is 6.48. The molecular formula is C14H15BrN2O2S. The molecule has 3 rings (SSSR count). The highest BCUT2D eigenvalue weighted by Gasteiger charge is 2.17. The largest absolute Gasteiger partial charge is 0.454 e. The predicted molar refractivity (Wildman–Crippen MR) is 82.3 cm³/mol. The molecule has 2 heterocycles. The lowest BCUT2D eigenvalue weighted by Crippen LogP contribution is -2.12. The monoisotopic (exact) mass is 354 g/mol. The van der Waals surface area contributed by atoms with Crippen LogP contribution in [0, 0.1) is 0 Å². The van der Waals surface area contributed by atoms with Crippen LogP contribution in [0.2, 0.25) is 0 Å². The van der Waals surface area contributed by atoms with E-state index in [2.05, 4.69) is 39.2 Å². The molecule has 0 atom stereocenters. The van der Waals surface area contributed by atoms with Crippen molar-refractivity contribution in [3.05, 3.63) is 38.3 Å². The van der Waals surface area contributed by atoms with Gasteiger partial charge in [-0.1, -0.05) is 6.92 Å². The van der Waals surface area contributed by atoms with Crippen molar-refractivity contribution in [3.8, 4) is 11.5 Å². The van der Waals surface area contributed by atoms with Crippen LogP contribution in [-0.4, -0.2) is 11.8 Å². The number of halogens is 1. The summed E-state index contributed by atoms with van der Waals surface area (Å²) < 4.78 is 11.7. The number of aryl methyl sites for hydroxylation is 1. The molecule has 0 fully saturated rings. The molecule has 20 heavy (non-hydrogen) atoms. The second-order valence-corrected chi connectivity index (χ2v) is 6.54. The Balaban J connectivity index is 1.60. The van der Waals surface area contributed by atoms with Gasteiger partial charge in [0.25, 0.3) is 0 Å². The predicted octanol–water partition coefficient (Wildman–Crippen LogP) is 3.49. The molecular weight excluding hydrogens is 340 g/mol. The van der Waals surface area contributed by atoms with Crippen LogP contribution >= 0.6 is 27.3 Å². The second-order valence-electron chi connectivity index (χ2n) is 4.49. The number of hydrogen-bond acceptors (Lipinski definition) is 5. The van der Waals surface area contributed by atoms with Crippen LogP contribution in [0.25, 0.3) is 0 Å². The van der Waals surface area contributed by atoms with Crippen molar-refractivity contribution in [1.82, 2.24) is 10.3 Å². The van der Waals surface area contributed by atoms with Crippen molar-refractivity contribution >= 4 is 27.3 Å². The van der Waals surface area contributed by atoms with Crippen LogP contribution < -0.4 is 14.8 Å². The van der Waals surface area contributed by atoms with Crippen LogP contribution in [0.5, 0.6) is 11.5 Å². The third-order valence-electron chi connectivity index (χ3n) is 3.04. The number of aromatic nitrogens is 1. The fraction of sp³-hybridized carbons (Fsp3) is 0.357. The van der Waals surface area contributed by atoms with Gasteiger partial charge >= 0.3 is 0 Å². The summed E-state index contributed by atoms with van der Waals surface area (Å²) in [5.41, 5.74) is 1.16. The van der Waals surface area contributed by atoms with E-state index in [1.807, 2.05) is 12.3 Å². The number of fused-ring (bicyclic) bond motifs is 1. The molecule has 6 heteroatoms. The molecule has 0 radical (unpaired) electrons. The highest BCUT2D eigenvalue weighted by atomic mass is 79.9. The average molecular weight is 355 g/mol. The molecule has 1 aliphatic heterocycles. The summed E-state index contributed by atoms with van der Waals surface area (Å²) in [6, 6.07) is 4.07. The Labute approximate surface area is 130 Å². The normalized spacial score (nSPS) is 12.9. The van der Waals surface area contributed by atoms with Crippen molar-refractivity contribution in [2.24, 2.45) is 0 Å². The lowest BCUT2D eigenvalue weighted by atomic mass is 10.2. The molecule has 0 saturated carbocycles. The Morgan fingerprint density at radius 1 is 1.35 bits per heavy atom. The second kappa shape index (κ2) is 6.11. The third kappa shape index (κ3) is 2.97. The molecule has 0 spiro atoms. The van der Waals surface area contributed by atoms with Crippen molar-refractivity contribution in [2.45, 2.75) is 26.4 Å². The SMILES string of the molecule is CCc1cnc(CNCc2cc(Br)c3c(c2)OCO3)s1. The maximum atomic E-state index is 5.41. The summed E-state index contributed by atoms with van der Waals surface area (Å²) in [6.45, 7) is 4.01. The highest BCUT2D eigenvalue weighted by molar-refractivity contribution is 9.10. The molecule has 1 aliphatic rings. The van der Waals surface area contributed by atoms with E-state index in [9.17, 15) is 0 Å². The Bertz CT molecular complexity index is 615. The summed E-state index contributed by atoms with van der Waals surface area (Å²) >= 11 is 5.27. The number of benzene rings is 1. The van der Waals surface area contributed by atoms with Crippen LogP contribution in [0.15, 0.2) is 22.8 Å². The molecule has 0 unspecified atom stereocenters. The number of nitrogens with one attached hydrogen (secondary N) is 1. The summed E-state index contributed by atoms with van der Waals surface area (Å²) in [5, 5.41) is 4.53. The molecule has 2 aromatic rings. The zero-order valence-corrected chi connectivity index (χ0v) is 13.5. The van der Waals surface area contributed by atoms with Gasteiger partial charge in [-0.15, -0.1) is 11.3 Å². The van der Waals surface area contributed by atoms with Gasteiger partial charge in [-0.3, -0.25) is 0 Å². The van der Waals surface area contributed by atoms with Gasteiger partial charge in [-0.2, -0.15) is 0 Å². The summed E-state index contributed by atoms with van der Waals surface area (Å²) in [5.74, 6) is 1.60. The topological polar surface area (TPSA) is 43.4 Å². The van der Waals surface area contributed by atoms with Crippen molar-refractivity contribution < 1.29 is 9.47 Å². The van der Waals surface area contributed by atoms with E-state index in [4.69, 9.17) is 9.47 Å². The molecule has 0 aliphatic carbocycles. The molecule has 106 valence electrons. The Kier molecular flexibility index (Phi) is 4.24. The minimum atomic E-state index is 0.295. The number of ether oxygens (including phenoxy) is 2. The molecule has 0 amide bonds. The first kappa shape index (κ1) is 13.9. The minimum Gasteiger partial charge on any atom is -0.454 e. The molecule has 0 saturated heterocycles. The van der Waals surface area contributed by atoms with Crippen molar-refractivity contribution in [3.63, 3.8) is 0 Å². The van der Waals surface area contributed by atoms with Gasteiger partial charge in [0.05, 0.1) is 4.47 Å². The molecule has 4 nitrogen and oxygen atoms in total. The number of thiazole rings is 1. The lowest BCUT2D eigenvalue weighted by Gasteiger charge is -2.06. The molecule has 1 N–H and O–H groups in total. The van der Waals surface area contributed by atoms with E-state index in [1.54, 1.807) is 11.3 Å². The molecule has 1 aromatic heterocycles. The maximum absolute atomic E-state index is 5.41. The zero-order chi connectivity index (χ0) is 13.9. The molecule has 0 bridgehead atoms. The van der Waals surface area contributed by atoms with Crippen LogP contribution in [0.4, 0.5) is 0 Å². The van der Waals surface area contributed by atoms with E-state index >= 15 is 0 Å². The van der Waals surface area contributed by atoms with Crippen molar-refractivity contribution in [2.75, 3.05) is 6.79 Å². The Morgan fingerprint density at radius 3 is 3.05 bits per heavy atom.